The van der Waals surface area contributed by atoms with E-state index in [1.165, 1.54) is 3.57 Å². The molecule has 0 aliphatic heterocycles. The van der Waals surface area contributed by atoms with Gasteiger partial charge in [0.25, 0.3) is 0 Å². The quantitative estimate of drug-likeness (QED) is 0.385. The Morgan fingerprint density at radius 3 is 2.74 bits per heavy atom. The molecule has 0 radical (unpaired) electrons. The normalized spacial score (nSPS) is 10.5. The first-order chi connectivity index (χ1) is 10.8. The number of rotatable bonds is 3. The van der Waals surface area contributed by atoms with Crippen molar-refractivity contribution in [3.05, 3.63) is 63.8 Å². The molecule has 116 valence electrons. The van der Waals surface area contributed by atoms with Crippen LogP contribution in [-0.2, 0) is 0 Å². The number of thiazole rings is 1. The summed E-state index contributed by atoms with van der Waals surface area (Å²) in [5.41, 5.74) is 3.90. The van der Waals surface area contributed by atoms with Crippen molar-refractivity contribution in [2.45, 2.75) is 0 Å². The Balaban J connectivity index is 0.00000156. The van der Waals surface area contributed by atoms with Crippen molar-refractivity contribution in [1.82, 2.24) is 14.4 Å². The van der Waals surface area contributed by atoms with Gasteiger partial charge in [0.15, 0.2) is 5.13 Å². The summed E-state index contributed by atoms with van der Waals surface area (Å²) in [6, 6.07) is 14.2. The highest BCUT2D eigenvalue weighted by Crippen LogP contribution is 2.27. The SMILES string of the molecule is Br.Ic1ccc(Nc2nc(-c3cnc4ccccn34)cs2)cc1. The van der Waals surface area contributed by atoms with Crippen molar-refractivity contribution in [3.63, 3.8) is 0 Å². The van der Waals surface area contributed by atoms with E-state index in [0.717, 1.165) is 27.9 Å². The molecule has 1 N–H and O–H groups in total. The van der Waals surface area contributed by atoms with Crippen LogP contribution in [0.5, 0.6) is 0 Å². The fourth-order valence-corrected chi connectivity index (χ4v) is 3.31. The number of nitrogens with one attached hydrogen (secondary N) is 1. The number of halogens is 2. The van der Waals surface area contributed by atoms with Gasteiger partial charge in [-0.3, -0.25) is 4.40 Å². The van der Waals surface area contributed by atoms with Crippen molar-refractivity contribution in [2.24, 2.45) is 0 Å². The van der Waals surface area contributed by atoms with Crippen LogP contribution in [0.2, 0.25) is 0 Å². The Morgan fingerprint density at radius 2 is 1.91 bits per heavy atom. The van der Waals surface area contributed by atoms with Crippen molar-refractivity contribution in [3.8, 4) is 11.4 Å². The zero-order valence-electron chi connectivity index (χ0n) is 11.8. The minimum Gasteiger partial charge on any atom is -0.332 e. The summed E-state index contributed by atoms with van der Waals surface area (Å²) >= 11 is 3.89. The third-order valence-corrected chi connectivity index (χ3v) is 4.76. The van der Waals surface area contributed by atoms with Gasteiger partial charge in [-0.1, -0.05) is 6.07 Å². The molecule has 23 heavy (non-hydrogen) atoms. The third-order valence-electron chi connectivity index (χ3n) is 3.28. The molecule has 1 aromatic carbocycles. The van der Waals surface area contributed by atoms with E-state index in [4.69, 9.17) is 0 Å². The molecule has 0 amide bonds. The van der Waals surface area contributed by atoms with E-state index < -0.39 is 0 Å². The molecule has 0 aliphatic carbocycles. The smallest absolute Gasteiger partial charge is 0.187 e. The summed E-state index contributed by atoms with van der Waals surface area (Å²) in [6.45, 7) is 0. The standard InChI is InChI=1S/C16H11IN4S.BrH/c17-11-4-6-12(7-5-11)19-16-20-13(10-22-16)14-9-18-15-3-1-2-8-21(14)15;/h1-10H,(H,19,20);1H. The summed E-state index contributed by atoms with van der Waals surface area (Å²) in [7, 11) is 0. The number of fused-ring (bicyclic) bond motifs is 1. The minimum absolute atomic E-state index is 0. The number of imidazole rings is 1. The van der Waals surface area contributed by atoms with E-state index in [2.05, 4.69) is 62.1 Å². The van der Waals surface area contributed by atoms with Crippen molar-refractivity contribution < 1.29 is 0 Å². The van der Waals surface area contributed by atoms with Gasteiger partial charge in [0.1, 0.15) is 11.3 Å². The average molecular weight is 499 g/mol. The van der Waals surface area contributed by atoms with Gasteiger partial charge in [-0.15, -0.1) is 28.3 Å². The molecule has 0 saturated carbocycles. The van der Waals surface area contributed by atoms with Crippen molar-refractivity contribution in [1.29, 1.82) is 0 Å². The van der Waals surface area contributed by atoms with Crippen molar-refractivity contribution >= 4 is 67.4 Å². The number of benzene rings is 1. The summed E-state index contributed by atoms with van der Waals surface area (Å²) in [5, 5.41) is 6.26. The number of pyridine rings is 1. The predicted molar refractivity (Wildman–Crippen MR) is 109 cm³/mol. The van der Waals surface area contributed by atoms with Crippen molar-refractivity contribution in [2.75, 3.05) is 5.32 Å². The Labute approximate surface area is 161 Å². The van der Waals surface area contributed by atoms with Crippen LogP contribution in [0.1, 0.15) is 0 Å². The molecular weight excluding hydrogens is 487 g/mol. The Bertz CT molecular complexity index is 933. The maximum absolute atomic E-state index is 4.67. The van der Waals surface area contributed by atoms with Gasteiger partial charge in [-0.05, 0) is 59.0 Å². The zero-order chi connectivity index (χ0) is 14.9. The molecule has 7 heteroatoms. The highest BCUT2D eigenvalue weighted by molar-refractivity contribution is 14.1. The lowest BCUT2D eigenvalue weighted by molar-refractivity contribution is 1.18. The van der Waals surface area contributed by atoms with Gasteiger partial charge >= 0.3 is 0 Å². The largest absolute Gasteiger partial charge is 0.332 e. The summed E-state index contributed by atoms with van der Waals surface area (Å²) < 4.78 is 3.26. The Hall–Kier alpha value is -1.45. The van der Waals surface area contributed by atoms with Crippen LogP contribution in [0.4, 0.5) is 10.8 Å². The molecule has 0 saturated heterocycles. The maximum atomic E-state index is 4.67. The first kappa shape index (κ1) is 16.4. The molecule has 0 spiro atoms. The fourth-order valence-electron chi connectivity index (χ4n) is 2.23. The number of hydrogen-bond acceptors (Lipinski definition) is 4. The van der Waals surface area contributed by atoms with Gasteiger partial charge < -0.3 is 5.32 Å². The number of nitrogens with zero attached hydrogens (tertiary/aromatic N) is 3. The highest BCUT2D eigenvalue weighted by atomic mass is 127. The molecular formula is C16H12BrIN4S. The lowest BCUT2D eigenvalue weighted by Gasteiger charge is -2.02. The third kappa shape index (κ3) is 3.41. The van der Waals surface area contributed by atoms with E-state index in [9.17, 15) is 0 Å². The number of anilines is 2. The average Bonchev–Trinajstić information content (AvgIpc) is 3.16. The van der Waals surface area contributed by atoms with Gasteiger partial charge in [0.05, 0.1) is 11.9 Å². The van der Waals surface area contributed by atoms with Crippen LogP contribution in [0.25, 0.3) is 17.0 Å². The van der Waals surface area contributed by atoms with Gasteiger partial charge in [0.2, 0.25) is 0 Å². The lowest BCUT2D eigenvalue weighted by atomic mass is 10.3. The van der Waals surface area contributed by atoms with E-state index in [1.54, 1.807) is 11.3 Å². The van der Waals surface area contributed by atoms with E-state index in [0.29, 0.717) is 0 Å². The van der Waals surface area contributed by atoms with Crippen LogP contribution >= 0.6 is 50.9 Å². The van der Waals surface area contributed by atoms with Crippen LogP contribution in [0.15, 0.2) is 60.2 Å². The molecule has 4 aromatic rings. The first-order valence-corrected chi connectivity index (χ1v) is 8.66. The Morgan fingerprint density at radius 1 is 1.09 bits per heavy atom. The molecule has 3 heterocycles. The summed E-state index contributed by atoms with van der Waals surface area (Å²) in [6.07, 6.45) is 3.86. The second kappa shape index (κ2) is 6.98. The topological polar surface area (TPSA) is 42.2 Å². The molecule has 0 atom stereocenters. The van der Waals surface area contributed by atoms with E-state index in [-0.39, 0.29) is 17.0 Å². The number of aromatic nitrogens is 3. The molecule has 4 rings (SSSR count). The highest BCUT2D eigenvalue weighted by Gasteiger charge is 2.09. The number of hydrogen-bond donors (Lipinski definition) is 1. The molecule has 0 aliphatic rings. The van der Waals surface area contributed by atoms with E-state index in [1.807, 2.05) is 40.4 Å². The van der Waals surface area contributed by atoms with Gasteiger partial charge in [-0.2, -0.15) is 0 Å². The molecule has 0 bridgehead atoms. The Kier molecular flexibility index (Phi) is 4.98. The van der Waals surface area contributed by atoms with Crippen LogP contribution < -0.4 is 5.32 Å². The summed E-state index contributed by atoms with van der Waals surface area (Å²) in [4.78, 5) is 9.07. The zero-order valence-corrected chi connectivity index (χ0v) is 16.5. The molecule has 0 unspecified atom stereocenters. The van der Waals surface area contributed by atoms with Gasteiger partial charge in [0, 0.05) is 20.8 Å². The molecule has 4 nitrogen and oxygen atoms in total. The van der Waals surface area contributed by atoms with Crippen LogP contribution in [0.3, 0.4) is 0 Å². The second-order valence-corrected chi connectivity index (χ2v) is 6.85. The first-order valence-electron chi connectivity index (χ1n) is 6.70. The lowest BCUT2D eigenvalue weighted by Crippen LogP contribution is -1.90. The van der Waals surface area contributed by atoms with Crippen LogP contribution in [0, 0.1) is 3.57 Å². The molecule has 0 fully saturated rings. The maximum Gasteiger partial charge on any atom is 0.187 e. The van der Waals surface area contributed by atoms with E-state index >= 15 is 0 Å². The molecule has 3 aromatic heterocycles. The minimum atomic E-state index is 0. The van der Waals surface area contributed by atoms with Crippen LogP contribution in [-0.4, -0.2) is 14.4 Å². The van der Waals surface area contributed by atoms with Gasteiger partial charge in [-0.25, -0.2) is 9.97 Å². The monoisotopic (exact) mass is 498 g/mol. The summed E-state index contributed by atoms with van der Waals surface area (Å²) in [5.74, 6) is 0. The second-order valence-electron chi connectivity index (χ2n) is 4.74. The fraction of sp³-hybridized carbons (Fsp3) is 0. The predicted octanol–water partition coefficient (Wildman–Crippen LogP) is 5.38.